The molecule has 0 atom stereocenters. The smallest absolute Gasteiger partial charge is 0.276 e. The highest BCUT2D eigenvalue weighted by molar-refractivity contribution is 6.02. The van der Waals surface area contributed by atoms with Gasteiger partial charge in [-0.2, -0.15) is 5.10 Å². The number of aliphatic hydroxyl groups excluding tert-OH is 1. The second-order valence-corrected chi connectivity index (χ2v) is 5.90. The van der Waals surface area contributed by atoms with Crippen LogP contribution in [0, 0.1) is 20.8 Å². The minimum absolute atomic E-state index is 0.0157. The quantitative estimate of drug-likeness (QED) is 0.746. The van der Waals surface area contributed by atoms with Crippen molar-refractivity contribution in [2.24, 2.45) is 0 Å². The molecule has 2 heterocycles. The lowest BCUT2D eigenvalue weighted by atomic mass is 10.2. The first-order chi connectivity index (χ1) is 12.0. The Balaban J connectivity index is 1.74. The highest BCUT2D eigenvalue weighted by atomic mass is 16.3. The minimum atomic E-state index is -0.276. The molecule has 1 amide bonds. The number of rotatable bonds is 5. The number of aromatic nitrogens is 4. The van der Waals surface area contributed by atoms with Crippen LogP contribution in [-0.4, -0.2) is 37.0 Å². The van der Waals surface area contributed by atoms with Crippen LogP contribution in [-0.2, 0) is 6.54 Å². The van der Waals surface area contributed by atoms with E-state index in [9.17, 15) is 4.79 Å². The molecule has 130 valence electrons. The number of nitrogens with one attached hydrogen (secondary N) is 1. The van der Waals surface area contributed by atoms with Gasteiger partial charge in [0.25, 0.3) is 5.91 Å². The lowest BCUT2D eigenvalue weighted by Gasteiger charge is -2.08. The van der Waals surface area contributed by atoms with Gasteiger partial charge >= 0.3 is 0 Å². The number of aliphatic hydroxyl groups is 1. The maximum atomic E-state index is 12.3. The highest BCUT2D eigenvalue weighted by Crippen LogP contribution is 2.17. The molecule has 0 aliphatic heterocycles. The topological polar surface area (TPSA) is 85.0 Å². The number of hydrogen-bond acceptors (Lipinski definition) is 4. The zero-order valence-electron chi connectivity index (χ0n) is 14.5. The molecule has 0 saturated carbocycles. The van der Waals surface area contributed by atoms with Crippen LogP contribution in [0.25, 0.3) is 5.69 Å². The summed E-state index contributed by atoms with van der Waals surface area (Å²) >= 11 is 0. The van der Waals surface area contributed by atoms with Crippen LogP contribution in [0.3, 0.4) is 0 Å². The summed E-state index contributed by atoms with van der Waals surface area (Å²) in [5, 5.41) is 16.0. The van der Waals surface area contributed by atoms with Crippen LogP contribution < -0.4 is 5.32 Å². The molecule has 0 saturated heterocycles. The van der Waals surface area contributed by atoms with Crippen LogP contribution in [0.15, 0.2) is 36.7 Å². The van der Waals surface area contributed by atoms with Crippen LogP contribution in [0.2, 0.25) is 0 Å². The number of benzene rings is 1. The first kappa shape index (κ1) is 16.9. The molecule has 0 aliphatic carbocycles. The second kappa shape index (κ2) is 6.90. The molecule has 2 N–H and O–H groups in total. The Morgan fingerprint density at radius 1 is 1.20 bits per heavy atom. The second-order valence-electron chi connectivity index (χ2n) is 5.90. The number of carbonyl (C=O) groups is 1. The fourth-order valence-corrected chi connectivity index (χ4v) is 2.60. The van der Waals surface area contributed by atoms with Crippen molar-refractivity contribution < 1.29 is 9.90 Å². The van der Waals surface area contributed by atoms with Gasteiger partial charge in [-0.05, 0) is 51.1 Å². The van der Waals surface area contributed by atoms with Crippen molar-refractivity contribution in [2.45, 2.75) is 27.3 Å². The Kier molecular flexibility index (Phi) is 4.67. The normalized spacial score (nSPS) is 10.9. The van der Waals surface area contributed by atoms with Crippen molar-refractivity contribution in [1.29, 1.82) is 0 Å². The summed E-state index contributed by atoms with van der Waals surface area (Å²) < 4.78 is 3.61. The van der Waals surface area contributed by atoms with Crippen molar-refractivity contribution in [3.8, 4) is 5.69 Å². The van der Waals surface area contributed by atoms with E-state index in [0.717, 1.165) is 22.8 Å². The third-order valence-electron chi connectivity index (χ3n) is 4.18. The van der Waals surface area contributed by atoms with Gasteiger partial charge in [0.2, 0.25) is 0 Å². The van der Waals surface area contributed by atoms with Crippen molar-refractivity contribution in [3.63, 3.8) is 0 Å². The molecule has 0 spiro atoms. The molecule has 3 rings (SSSR count). The Hall–Kier alpha value is -2.93. The summed E-state index contributed by atoms with van der Waals surface area (Å²) in [5.74, 6) is -0.276. The van der Waals surface area contributed by atoms with E-state index in [1.54, 1.807) is 17.1 Å². The Morgan fingerprint density at radius 3 is 2.52 bits per heavy atom. The van der Waals surface area contributed by atoms with Crippen LogP contribution in [0.5, 0.6) is 0 Å². The molecule has 0 fully saturated rings. The molecule has 0 unspecified atom stereocenters. The van der Waals surface area contributed by atoms with E-state index in [1.807, 2.05) is 49.6 Å². The fourth-order valence-electron chi connectivity index (χ4n) is 2.60. The van der Waals surface area contributed by atoms with Crippen molar-refractivity contribution >= 4 is 11.6 Å². The summed E-state index contributed by atoms with van der Waals surface area (Å²) in [6.07, 6.45) is 1.79. The lowest BCUT2D eigenvalue weighted by molar-refractivity contribution is 0.102. The largest absolute Gasteiger partial charge is 0.394 e. The first-order valence-electron chi connectivity index (χ1n) is 8.07. The third-order valence-corrected chi connectivity index (χ3v) is 4.18. The molecular weight excluding hydrogens is 318 g/mol. The van der Waals surface area contributed by atoms with Crippen molar-refractivity contribution in [2.75, 3.05) is 11.9 Å². The summed E-state index contributed by atoms with van der Waals surface area (Å²) in [7, 11) is 0. The summed E-state index contributed by atoms with van der Waals surface area (Å²) in [6, 6.07) is 9.26. The number of aryl methyl sites for hydroxylation is 2. The van der Waals surface area contributed by atoms with Crippen molar-refractivity contribution in [1.82, 2.24) is 19.3 Å². The van der Waals surface area contributed by atoms with E-state index < -0.39 is 0 Å². The predicted molar refractivity (Wildman–Crippen MR) is 95.0 cm³/mol. The first-order valence-corrected chi connectivity index (χ1v) is 8.07. The van der Waals surface area contributed by atoms with Gasteiger partial charge < -0.3 is 15.0 Å². The third kappa shape index (κ3) is 3.46. The van der Waals surface area contributed by atoms with E-state index in [0.29, 0.717) is 17.9 Å². The number of nitrogens with zero attached hydrogens (tertiary/aromatic N) is 4. The van der Waals surface area contributed by atoms with Gasteiger partial charge in [0, 0.05) is 22.8 Å². The maximum absolute atomic E-state index is 12.3. The van der Waals surface area contributed by atoms with Crippen LogP contribution in [0.4, 0.5) is 5.69 Å². The van der Waals surface area contributed by atoms with E-state index in [2.05, 4.69) is 15.4 Å². The molecule has 7 heteroatoms. The minimum Gasteiger partial charge on any atom is -0.394 e. The Labute approximate surface area is 145 Å². The zero-order valence-corrected chi connectivity index (χ0v) is 14.5. The molecule has 7 nitrogen and oxygen atoms in total. The number of anilines is 1. The van der Waals surface area contributed by atoms with Gasteiger partial charge in [0.05, 0.1) is 25.2 Å². The molecule has 3 aromatic rings. The predicted octanol–water partition coefficient (Wildman–Crippen LogP) is 2.24. The van der Waals surface area contributed by atoms with Crippen LogP contribution in [0.1, 0.15) is 27.6 Å². The van der Waals surface area contributed by atoms with Gasteiger partial charge in [-0.25, -0.2) is 4.98 Å². The zero-order chi connectivity index (χ0) is 18.0. The number of imidazole rings is 1. The van der Waals surface area contributed by atoms with E-state index in [4.69, 9.17) is 5.11 Å². The summed E-state index contributed by atoms with van der Waals surface area (Å²) in [6.45, 7) is 6.20. The molecule has 25 heavy (non-hydrogen) atoms. The number of amides is 1. The van der Waals surface area contributed by atoms with Gasteiger partial charge in [-0.1, -0.05) is 0 Å². The molecule has 0 radical (unpaired) electrons. The Bertz CT molecular complexity index is 893. The maximum Gasteiger partial charge on any atom is 0.276 e. The average Bonchev–Trinajstić information content (AvgIpc) is 3.13. The molecule has 1 aromatic carbocycles. The van der Waals surface area contributed by atoms with Crippen molar-refractivity contribution in [3.05, 3.63) is 59.4 Å². The van der Waals surface area contributed by atoms with E-state index in [1.165, 1.54) is 0 Å². The number of carbonyl (C=O) groups excluding carboxylic acids is 1. The summed E-state index contributed by atoms with van der Waals surface area (Å²) in [5.41, 5.74) is 4.92. The monoisotopic (exact) mass is 339 g/mol. The van der Waals surface area contributed by atoms with Gasteiger partial charge in [-0.3, -0.25) is 9.48 Å². The molecule has 2 aromatic heterocycles. The SMILES string of the molecule is Cc1ncn(-c2ccc(NC(=O)c3cc(C)n(CCO)n3)cc2)c1C. The Morgan fingerprint density at radius 2 is 1.92 bits per heavy atom. The fraction of sp³-hybridized carbons (Fsp3) is 0.278. The van der Waals surface area contributed by atoms with Gasteiger partial charge in [0.1, 0.15) is 0 Å². The molecule has 0 aliphatic rings. The lowest BCUT2D eigenvalue weighted by Crippen LogP contribution is -2.14. The van der Waals surface area contributed by atoms with Gasteiger partial charge in [-0.15, -0.1) is 0 Å². The van der Waals surface area contributed by atoms with E-state index >= 15 is 0 Å². The highest BCUT2D eigenvalue weighted by Gasteiger charge is 2.12. The van der Waals surface area contributed by atoms with E-state index in [-0.39, 0.29) is 12.5 Å². The summed E-state index contributed by atoms with van der Waals surface area (Å²) in [4.78, 5) is 16.6. The van der Waals surface area contributed by atoms with Crippen LogP contribution >= 0.6 is 0 Å². The van der Waals surface area contributed by atoms with Gasteiger partial charge in [0.15, 0.2) is 5.69 Å². The molecule has 0 bridgehead atoms. The molecular formula is C18H21N5O2. The average molecular weight is 339 g/mol. The standard InChI is InChI=1S/C18H21N5O2/c1-12-10-17(21-23(12)8-9-24)18(25)20-15-4-6-16(7-5-15)22-11-19-13(2)14(22)3/h4-7,10-11,24H,8-9H2,1-3H3,(H,20,25). The number of hydrogen-bond donors (Lipinski definition) is 2.